The minimum absolute atomic E-state index is 0.189. The molecule has 0 radical (unpaired) electrons. The fraction of sp³-hybridized carbons (Fsp3) is 0.333. The highest BCUT2D eigenvalue weighted by Crippen LogP contribution is 2.26. The van der Waals surface area contributed by atoms with Crippen LogP contribution < -0.4 is 5.32 Å². The SMILES string of the molecule is CCCNC(Cc1ccc(F)cc1)c1cccc(Cl)c1C. The first kappa shape index (κ1) is 16.0. The van der Waals surface area contributed by atoms with Crippen LogP contribution in [0, 0.1) is 12.7 Å². The van der Waals surface area contributed by atoms with Crippen molar-refractivity contribution in [1.29, 1.82) is 0 Å². The highest BCUT2D eigenvalue weighted by molar-refractivity contribution is 6.31. The third kappa shape index (κ3) is 4.29. The zero-order valence-corrected chi connectivity index (χ0v) is 13.3. The van der Waals surface area contributed by atoms with Crippen LogP contribution in [0.2, 0.25) is 5.02 Å². The summed E-state index contributed by atoms with van der Waals surface area (Å²) in [6, 6.07) is 12.9. The van der Waals surface area contributed by atoms with Gasteiger partial charge in [-0.3, -0.25) is 0 Å². The Morgan fingerprint density at radius 3 is 2.52 bits per heavy atom. The van der Waals surface area contributed by atoms with E-state index >= 15 is 0 Å². The van der Waals surface area contributed by atoms with E-state index in [1.54, 1.807) is 0 Å². The van der Waals surface area contributed by atoms with Crippen LogP contribution >= 0.6 is 11.6 Å². The number of hydrogen-bond acceptors (Lipinski definition) is 1. The van der Waals surface area contributed by atoms with Crippen molar-refractivity contribution in [2.45, 2.75) is 32.7 Å². The number of rotatable bonds is 6. The van der Waals surface area contributed by atoms with E-state index in [-0.39, 0.29) is 11.9 Å². The van der Waals surface area contributed by atoms with Gasteiger partial charge in [0.15, 0.2) is 0 Å². The number of hydrogen-bond donors (Lipinski definition) is 1. The molecule has 0 amide bonds. The van der Waals surface area contributed by atoms with Crippen LogP contribution in [0.1, 0.15) is 36.1 Å². The summed E-state index contributed by atoms with van der Waals surface area (Å²) in [6.45, 7) is 5.13. The molecule has 1 atom stereocenters. The van der Waals surface area contributed by atoms with Crippen molar-refractivity contribution in [1.82, 2.24) is 5.32 Å². The molecule has 3 heteroatoms. The van der Waals surface area contributed by atoms with E-state index in [0.717, 1.165) is 35.5 Å². The van der Waals surface area contributed by atoms with Gasteiger partial charge in [0.2, 0.25) is 0 Å². The predicted octanol–water partition coefficient (Wildman–Crippen LogP) is 5.07. The van der Waals surface area contributed by atoms with Crippen molar-refractivity contribution in [2.75, 3.05) is 6.54 Å². The predicted molar refractivity (Wildman–Crippen MR) is 87.3 cm³/mol. The molecule has 0 spiro atoms. The second kappa shape index (κ2) is 7.58. The standard InChI is InChI=1S/C18H21ClFN/c1-3-11-21-18(12-14-7-9-15(20)10-8-14)16-5-4-6-17(19)13(16)2/h4-10,18,21H,3,11-12H2,1-2H3. The topological polar surface area (TPSA) is 12.0 Å². The molecule has 2 rings (SSSR count). The molecule has 1 nitrogen and oxygen atoms in total. The van der Waals surface area contributed by atoms with Crippen molar-refractivity contribution < 1.29 is 4.39 Å². The minimum atomic E-state index is -0.198. The van der Waals surface area contributed by atoms with E-state index in [4.69, 9.17) is 11.6 Å². The lowest BCUT2D eigenvalue weighted by atomic mass is 9.95. The van der Waals surface area contributed by atoms with Gasteiger partial charge < -0.3 is 5.32 Å². The van der Waals surface area contributed by atoms with Gasteiger partial charge in [0.25, 0.3) is 0 Å². The Kier molecular flexibility index (Phi) is 5.77. The first-order valence-electron chi connectivity index (χ1n) is 7.34. The van der Waals surface area contributed by atoms with Crippen LogP contribution in [0.25, 0.3) is 0 Å². The summed E-state index contributed by atoms with van der Waals surface area (Å²) in [7, 11) is 0. The number of nitrogens with one attached hydrogen (secondary N) is 1. The Labute approximate surface area is 131 Å². The van der Waals surface area contributed by atoms with E-state index in [2.05, 4.69) is 18.3 Å². The van der Waals surface area contributed by atoms with Crippen LogP contribution in [0.15, 0.2) is 42.5 Å². The lowest BCUT2D eigenvalue weighted by Crippen LogP contribution is -2.25. The molecule has 0 aliphatic rings. The summed E-state index contributed by atoms with van der Waals surface area (Å²) in [5.41, 5.74) is 3.43. The van der Waals surface area contributed by atoms with Crippen molar-refractivity contribution >= 4 is 11.6 Å². The van der Waals surface area contributed by atoms with Gasteiger partial charge >= 0.3 is 0 Å². The Hall–Kier alpha value is -1.38. The maximum atomic E-state index is 13.0. The van der Waals surface area contributed by atoms with E-state index < -0.39 is 0 Å². The van der Waals surface area contributed by atoms with Gasteiger partial charge in [-0.2, -0.15) is 0 Å². The van der Waals surface area contributed by atoms with E-state index in [1.807, 2.05) is 31.2 Å². The molecule has 2 aromatic carbocycles. The fourth-order valence-electron chi connectivity index (χ4n) is 2.47. The summed E-state index contributed by atoms with van der Waals surface area (Å²) < 4.78 is 13.0. The van der Waals surface area contributed by atoms with Gasteiger partial charge in [0.05, 0.1) is 0 Å². The molecule has 0 fully saturated rings. The van der Waals surface area contributed by atoms with Gasteiger partial charge in [-0.25, -0.2) is 4.39 Å². The van der Waals surface area contributed by atoms with Crippen LogP contribution in [0.5, 0.6) is 0 Å². The highest BCUT2D eigenvalue weighted by atomic mass is 35.5. The molecule has 0 aromatic heterocycles. The molecule has 2 aromatic rings. The van der Waals surface area contributed by atoms with Crippen molar-refractivity contribution in [3.8, 4) is 0 Å². The number of halogens is 2. The first-order valence-corrected chi connectivity index (χ1v) is 7.72. The number of benzene rings is 2. The Morgan fingerprint density at radius 1 is 1.14 bits per heavy atom. The molecule has 1 unspecified atom stereocenters. The quantitative estimate of drug-likeness (QED) is 0.785. The molecule has 0 saturated heterocycles. The third-order valence-corrected chi connectivity index (χ3v) is 4.09. The average molecular weight is 306 g/mol. The van der Waals surface area contributed by atoms with Crippen LogP contribution in [0.3, 0.4) is 0 Å². The second-order valence-corrected chi connectivity index (χ2v) is 5.70. The zero-order chi connectivity index (χ0) is 15.2. The molecule has 0 aliphatic carbocycles. The molecule has 1 N–H and O–H groups in total. The Balaban J connectivity index is 2.25. The molecule has 112 valence electrons. The minimum Gasteiger partial charge on any atom is -0.310 e. The summed E-state index contributed by atoms with van der Waals surface area (Å²) >= 11 is 6.24. The summed E-state index contributed by atoms with van der Waals surface area (Å²) in [5, 5.41) is 4.35. The molecule has 0 aliphatic heterocycles. The monoisotopic (exact) mass is 305 g/mol. The normalized spacial score (nSPS) is 12.4. The average Bonchev–Trinajstić information content (AvgIpc) is 2.48. The van der Waals surface area contributed by atoms with Crippen molar-refractivity contribution in [3.05, 3.63) is 70.0 Å². The summed E-state index contributed by atoms with van der Waals surface area (Å²) in [4.78, 5) is 0. The van der Waals surface area contributed by atoms with Gasteiger partial charge in [-0.15, -0.1) is 0 Å². The molecule has 0 saturated carbocycles. The Bertz CT molecular complexity index is 580. The van der Waals surface area contributed by atoms with Gasteiger partial charge in [0, 0.05) is 11.1 Å². The lowest BCUT2D eigenvalue weighted by molar-refractivity contribution is 0.526. The van der Waals surface area contributed by atoms with Crippen molar-refractivity contribution in [3.63, 3.8) is 0 Å². The molecule has 21 heavy (non-hydrogen) atoms. The third-order valence-electron chi connectivity index (χ3n) is 3.68. The largest absolute Gasteiger partial charge is 0.310 e. The van der Waals surface area contributed by atoms with E-state index in [9.17, 15) is 4.39 Å². The molecule has 0 heterocycles. The van der Waals surface area contributed by atoms with Gasteiger partial charge in [-0.05, 0) is 61.2 Å². The molecule has 0 bridgehead atoms. The summed E-state index contributed by atoms with van der Waals surface area (Å²) in [5.74, 6) is -0.198. The smallest absolute Gasteiger partial charge is 0.123 e. The Morgan fingerprint density at radius 2 is 1.86 bits per heavy atom. The summed E-state index contributed by atoms with van der Waals surface area (Å²) in [6.07, 6.45) is 1.89. The molecular weight excluding hydrogens is 285 g/mol. The second-order valence-electron chi connectivity index (χ2n) is 5.29. The maximum Gasteiger partial charge on any atom is 0.123 e. The van der Waals surface area contributed by atoms with E-state index in [1.165, 1.54) is 17.7 Å². The first-order chi connectivity index (χ1) is 10.1. The van der Waals surface area contributed by atoms with Crippen LogP contribution in [-0.2, 0) is 6.42 Å². The fourth-order valence-corrected chi connectivity index (χ4v) is 2.65. The van der Waals surface area contributed by atoms with Gasteiger partial charge in [0.1, 0.15) is 5.82 Å². The molecular formula is C18H21ClFN. The lowest BCUT2D eigenvalue weighted by Gasteiger charge is -2.21. The zero-order valence-electron chi connectivity index (χ0n) is 12.5. The van der Waals surface area contributed by atoms with Crippen LogP contribution in [-0.4, -0.2) is 6.54 Å². The van der Waals surface area contributed by atoms with Gasteiger partial charge in [-0.1, -0.05) is 42.8 Å². The maximum absolute atomic E-state index is 13.0. The van der Waals surface area contributed by atoms with E-state index in [0.29, 0.717) is 0 Å². The highest BCUT2D eigenvalue weighted by Gasteiger charge is 2.15. The van der Waals surface area contributed by atoms with Crippen LogP contribution in [0.4, 0.5) is 4.39 Å². The van der Waals surface area contributed by atoms with Crippen molar-refractivity contribution in [2.24, 2.45) is 0 Å².